The van der Waals surface area contributed by atoms with Gasteiger partial charge in [-0.1, -0.05) is 6.07 Å². The van der Waals surface area contributed by atoms with Crippen molar-refractivity contribution in [1.29, 1.82) is 0 Å². The van der Waals surface area contributed by atoms with Crippen LogP contribution in [0.2, 0.25) is 0 Å². The minimum Gasteiger partial charge on any atom is -0.388 e. The van der Waals surface area contributed by atoms with Crippen LogP contribution in [-0.4, -0.2) is 48.1 Å². The van der Waals surface area contributed by atoms with Crippen LogP contribution in [0.15, 0.2) is 48.9 Å². The van der Waals surface area contributed by atoms with E-state index in [9.17, 15) is 9.90 Å². The molecule has 144 valence electrons. The van der Waals surface area contributed by atoms with Crippen molar-refractivity contribution in [2.75, 3.05) is 0 Å². The predicted octanol–water partition coefficient (Wildman–Crippen LogP) is 2.94. The van der Waals surface area contributed by atoms with Crippen LogP contribution in [0.3, 0.4) is 0 Å². The summed E-state index contributed by atoms with van der Waals surface area (Å²) >= 11 is 0. The van der Waals surface area contributed by atoms with Crippen molar-refractivity contribution in [1.82, 2.24) is 19.4 Å². The number of aliphatic hydroxyl groups is 1. The molecule has 2 atom stereocenters. The van der Waals surface area contributed by atoms with Crippen molar-refractivity contribution < 1.29 is 9.90 Å². The summed E-state index contributed by atoms with van der Waals surface area (Å²) in [4.78, 5) is 23.4. The highest BCUT2D eigenvalue weighted by atomic mass is 16.3. The van der Waals surface area contributed by atoms with Crippen molar-refractivity contribution in [2.45, 2.75) is 56.8 Å². The molecule has 3 aromatic rings. The first-order chi connectivity index (χ1) is 13.5. The molecule has 1 amide bonds. The number of carbonyl (C=O) groups excluding carboxylic acids is 1. The van der Waals surface area contributed by atoms with E-state index >= 15 is 0 Å². The number of nitrogens with zero attached hydrogens (tertiary/aromatic N) is 4. The Morgan fingerprint density at radius 1 is 1.21 bits per heavy atom. The third-order valence-electron chi connectivity index (χ3n) is 6.34. The lowest BCUT2D eigenvalue weighted by molar-refractivity contribution is -0.0537. The molecule has 2 unspecified atom stereocenters. The van der Waals surface area contributed by atoms with Gasteiger partial charge in [0, 0.05) is 35.6 Å². The van der Waals surface area contributed by atoms with Crippen LogP contribution in [0.4, 0.5) is 0 Å². The molecule has 2 aliphatic rings. The standard InChI is InChI=1S/C22H24N4O2/c1-15-10-16-7-9-23-13-20(16)25(15)14-22(28)11-17-5-6-18(12-22)26(17)21(27)19-4-2-3-8-24-19/h2-4,7-10,13,17-18,28H,5-6,11-12,14H2,1H3. The van der Waals surface area contributed by atoms with Gasteiger partial charge in [0.2, 0.25) is 0 Å². The lowest BCUT2D eigenvalue weighted by atomic mass is 9.85. The molecule has 2 bridgehead atoms. The van der Waals surface area contributed by atoms with E-state index in [0.29, 0.717) is 25.1 Å². The van der Waals surface area contributed by atoms with Crippen molar-refractivity contribution >= 4 is 16.8 Å². The molecule has 2 aliphatic heterocycles. The van der Waals surface area contributed by atoms with Gasteiger partial charge >= 0.3 is 0 Å². The van der Waals surface area contributed by atoms with Gasteiger partial charge in [-0.2, -0.15) is 0 Å². The fraction of sp³-hybridized carbons (Fsp3) is 0.409. The molecule has 6 nitrogen and oxygen atoms in total. The summed E-state index contributed by atoms with van der Waals surface area (Å²) < 4.78 is 2.16. The molecule has 28 heavy (non-hydrogen) atoms. The van der Waals surface area contributed by atoms with Gasteiger partial charge in [-0.3, -0.25) is 14.8 Å². The molecule has 5 rings (SSSR count). The first-order valence-electron chi connectivity index (χ1n) is 9.90. The largest absolute Gasteiger partial charge is 0.388 e. The number of aromatic nitrogens is 3. The van der Waals surface area contributed by atoms with E-state index < -0.39 is 5.60 Å². The van der Waals surface area contributed by atoms with Crippen LogP contribution in [0.25, 0.3) is 10.9 Å². The summed E-state index contributed by atoms with van der Waals surface area (Å²) in [5.74, 6) is -0.0121. The molecule has 0 spiro atoms. The molecule has 0 aliphatic carbocycles. The number of amides is 1. The highest BCUT2D eigenvalue weighted by Gasteiger charge is 2.49. The molecular weight excluding hydrogens is 352 g/mol. The van der Waals surface area contributed by atoms with Gasteiger partial charge in [-0.25, -0.2) is 0 Å². The molecule has 0 aromatic carbocycles. The monoisotopic (exact) mass is 376 g/mol. The van der Waals surface area contributed by atoms with Crippen molar-refractivity contribution in [2.24, 2.45) is 0 Å². The van der Waals surface area contributed by atoms with Gasteiger partial charge in [0.25, 0.3) is 5.91 Å². The number of hydrogen-bond acceptors (Lipinski definition) is 4. The molecule has 6 heteroatoms. The third-order valence-corrected chi connectivity index (χ3v) is 6.34. The van der Waals surface area contributed by atoms with E-state index in [2.05, 4.69) is 27.5 Å². The average molecular weight is 376 g/mol. The van der Waals surface area contributed by atoms with Gasteiger partial charge in [0.05, 0.1) is 23.9 Å². The Labute approximate surface area is 163 Å². The van der Waals surface area contributed by atoms with Gasteiger partial charge in [-0.05, 0) is 56.9 Å². The quantitative estimate of drug-likeness (QED) is 0.763. The Kier molecular flexibility index (Phi) is 3.98. The maximum absolute atomic E-state index is 13.0. The summed E-state index contributed by atoms with van der Waals surface area (Å²) in [5.41, 5.74) is 1.84. The number of aryl methyl sites for hydroxylation is 1. The van der Waals surface area contributed by atoms with Gasteiger partial charge < -0.3 is 14.6 Å². The fourth-order valence-corrected chi connectivity index (χ4v) is 5.15. The van der Waals surface area contributed by atoms with Crippen LogP contribution in [0.1, 0.15) is 41.9 Å². The summed E-state index contributed by atoms with van der Waals surface area (Å²) in [6.45, 7) is 2.60. The summed E-state index contributed by atoms with van der Waals surface area (Å²) in [6, 6.07) is 9.70. The number of rotatable bonds is 3. The zero-order valence-corrected chi connectivity index (χ0v) is 16.0. The fourth-order valence-electron chi connectivity index (χ4n) is 5.15. The van der Waals surface area contributed by atoms with E-state index in [1.54, 1.807) is 18.5 Å². The van der Waals surface area contributed by atoms with Gasteiger partial charge in [-0.15, -0.1) is 0 Å². The molecule has 1 N–H and O–H groups in total. The SMILES string of the molecule is Cc1cc2ccncc2n1CC1(O)CC2CCC(C1)N2C(=O)c1ccccn1. The van der Waals surface area contributed by atoms with Crippen LogP contribution in [0, 0.1) is 6.92 Å². The molecule has 0 radical (unpaired) electrons. The number of carbonyl (C=O) groups is 1. The van der Waals surface area contributed by atoms with Crippen LogP contribution < -0.4 is 0 Å². The summed E-state index contributed by atoms with van der Waals surface area (Å²) in [7, 11) is 0. The third kappa shape index (κ3) is 2.79. The van der Waals surface area contributed by atoms with Gasteiger partial charge in [0.15, 0.2) is 0 Å². The average Bonchev–Trinajstić information content (AvgIpc) is 3.16. The highest BCUT2D eigenvalue weighted by Crippen LogP contribution is 2.42. The van der Waals surface area contributed by atoms with Crippen molar-refractivity contribution in [3.8, 4) is 0 Å². The normalized spacial score (nSPS) is 26.7. The Morgan fingerprint density at radius 3 is 2.71 bits per heavy atom. The Hall–Kier alpha value is -2.73. The number of piperidine rings is 1. The second-order valence-corrected chi connectivity index (χ2v) is 8.25. The lowest BCUT2D eigenvalue weighted by Gasteiger charge is -2.44. The zero-order valence-electron chi connectivity index (χ0n) is 16.0. The Bertz CT molecular complexity index is 1020. The second kappa shape index (κ2) is 6.41. The van der Waals surface area contributed by atoms with E-state index in [1.165, 1.54) is 0 Å². The van der Waals surface area contributed by atoms with E-state index in [0.717, 1.165) is 29.4 Å². The second-order valence-electron chi connectivity index (χ2n) is 8.25. The van der Waals surface area contributed by atoms with Crippen LogP contribution in [-0.2, 0) is 6.54 Å². The van der Waals surface area contributed by atoms with E-state index in [-0.39, 0.29) is 18.0 Å². The molecular formula is C22H24N4O2. The summed E-state index contributed by atoms with van der Waals surface area (Å²) in [6.07, 6.45) is 8.39. The number of pyridine rings is 2. The van der Waals surface area contributed by atoms with Crippen molar-refractivity contribution in [3.05, 3.63) is 60.3 Å². The molecule has 2 saturated heterocycles. The van der Waals surface area contributed by atoms with E-state index in [4.69, 9.17) is 0 Å². The highest BCUT2D eigenvalue weighted by molar-refractivity contribution is 5.93. The lowest BCUT2D eigenvalue weighted by Crippen LogP contribution is -2.54. The van der Waals surface area contributed by atoms with Crippen LogP contribution >= 0.6 is 0 Å². The number of fused-ring (bicyclic) bond motifs is 3. The predicted molar refractivity (Wildman–Crippen MR) is 106 cm³/mol. The van der Waals surface area contributed by atoms with Crippen LogP contribution in [0.5, 0.6) is 0 Å². The molecule has 2 fully saturated rings. The minimum atomic E-state index is -0.820. The Balaban J connectivity index is 1.40. The zero-order chi connectivity index (χ0) is 19.3. The minimum absolute atomic E-state index is 0.0121. The maximum atomic E-state index is 13.0. The van der Waals surface area contributed by atoms with Crippen molar-refractivity contribution in [3.63, 3.8) is 0 Å². The summed E-state index contributed by atoms with van der Waals surface area (Å²) in [5, 5.41) is 12.6. The first-order valence-corrected chi connectivity index (χ1v) is 9.90. The first kappa shape index (κ1) is 17.4. The van der Waals surface area contributed by atoms with Gasteiger partial charge in [0.1, 0.15) is 5.69 Å². The topological polar surface area (TPSA) is 71.2 Å². The molecule has 3 aromatic heterocycles. The smallest absolute Gasteiger partial charge is 0.272 e. The number of hydrogen-bond donors (Lipinski definition) is 1. The molecule has 5 heterocycles. The Morgan fingerprint density at radius 2 is 2.00 bits per heavy atom. The van der Waals surface area contributed by atoms with E-state index in [1.807, 2.05) is 29.3 Å². The maximum Gasteiger partial charge on any atom is 0.272 e. The molecule has 0 saturated carbocycles.